The fourth-order valence-electron chi connectivity index (χ4n) is 4.25. The number of hydrogen-bond acceptors (Lipinski definition) is 7. The zero-order valence-corrected chi connectivity index (χ0v) is 18.8. The lowest BCUT2D eigenvalue weighted by Gasteiger charge is -2.35. The average molecular weight is 447 g/mol. The summed E-state index contributed by atoms with van der Waals surface area (Å²) in [5.74, 6) is -0.0191. The Morgan fingerprint density at radius 2 is 2.13 bits per heavy atom. The summed E-state index contributed by atoms with van der Waals surface area (Å²) >= 11 is 1.37. The molecule has 2 aliphatic heterocycles. The minimum Gasteiger partial charge on any atom is -0.383 e. The maximum absolute atomic E-state index is 13.0. The van der Waals surface area contributed by atoms with Crippen LogP contribution in [0.5, 0.6) is 0 Å². The van der Waals surface area contributed by atoms with Gasteiger partial charge in [-0.25, -0.2) is 4.98 Å². The van der Waals surface area contributed by atoms with E-state index in [-0.39, 0.29) is 17.9 Å². The number of carbonyl (C=O) groups excluding carboxylic acids is 2. The molecule has 2 saturated heterocycles. The molecule has 8 nitrogen and oxygen atoms in total. The number of nitrogens with one attached hydrogen (secondary N) is 1. The van der Waals surface area contributed by atoms with Crippen LogP contribution in [0.1, 0.15) is 40.6 Å². The molecule has 0 bridgehead atoms. The largest absolute Gasteiger partial charge is 0.383 e. The Labute approximate surface area is 186 Å². The number of rotatable bonds is 7. The van der Waals surface area contributed by atoms with Crippen LogP contribution in [-0.2, 0) is 14.3 Å². The van der Waals surface area contributed by atoms with Crippen molar-refractivity contribution in [3.63, 3.8) is 0 Å². The lowest BCUT2D eigenvalue weighted by atomic mass is 10.0. The summed E-state index contributed by atoms with van der Waals surface area (Å²) < 4.78 is 11.1. The molecule has 0 radical (unpaired) electrons. The van der Waals surface area contributed by atoms with E-state index in [0.29, 0.717) is 44.3 Å². The maximum atomic E-state index is 13.0. The maximum Gasteiger partial charge on any atom is 0.261 e. The quantitative estimate of drug-likeness (QED) is 0.656. The van der Waals surface area contributed by atoms with Crippen molar-refractivity contribution < 1.29 is 19.1 Å². The highest BCUT2D eigenvalue weighted by Crippen LogP contribution is 2.37. The van der Waals surface area contributed by atoms with Crippen molar-refractivity contribution in [2.24, 2.45) is 0 Å². The van der Waals surface area contributed by atoms with Crippen molar-refractivity contribution in [1.82, 2.24) is 20.1 Å². The van der Waals surface area contributed by atoms with Gasteiger partial charge < -0.3 is 19.7 Å². The molecule has 0 aliphatic carbocycles. The fraction of sp³-hybridized carbons (Fsp3) is 0.591. The van der Waals surface area contributed by atoms with Crippen molar-refractivity contribution in [1.29, 1.82) is 0 Å². The van der Waals surface area contributed by atoms with Crippen LogP contribution in [0, 0.1) is 0 Å². The minimum atomic E-state index is -0.347. The second-order valence-electron chi connectivity index (χ2n) is 7.99. The lowest BCUT2D eigenvalue weighted by Crippen LogP contribution is -2.47. The number of piperidine rings is 1. The third kappa shape index (κ3) is 5.23. The molecule has 2 aromatic heterocycles. The van der Waals surface area contributed by atoms with E-state index in [1.165, 1.54) is 17.8 Å². The number of pyridine rings is 1. The van der Waals surface area contributed by atoms with Crippen molar-refractivity contribution in [3.05, 3.63) is 28.8 Å². The summed E-state index contributed by atoms with van der Waals surface area (Å²) in [6.45, 7) is 4.82. The summed E-state index contributed by atoms with van der Waals surface area (Å²) in [4.78, 5) is 35.8. The van der Waals surface area contributed by atoms with Crippen LogP contribution in [0.4, 0.5) is 0 Å². The molecule has 1 atom stereocenters. The number of methoxy groups -OCH3 is 1. The number of aromatic nitrogens is 1. The SMILES string of the molecule is COCCNC(=O)c1sc2ncccc2c1C1CN(C(=O)CN2CCCCC2)CCO1. The Morgan fingerprint density at radius 1 is 1.29 bits per heavy atom. The first-order valence-corrected chi connectivity index (χ1v) is 11.8. The van der Waals surface area contributed by atoms with Crippen molar-refractivity contribution >= 4 is 33.4 Å². The molecule has 4 heterocycles. The molecule has 31 heavy (non-hydrogen) atoms. The first kappa shape index (κ1) is 22.1. The molecule has 0 saturated carbocycles. The molecule has 168 valence electrons. The lowest BCUT2D eigenvalue weighted by molar-refractivity contribution is -0.140. The molecule has 0 spiro atoms. The third-order valence-corrected chi connectivity index (χ3v) is 6.98. The van der Waals surface area contributed by atoms with Gasteiger partial charge in [-0.3, -0.25) is 14.5 Å². The average Bonchev–Trinajstić information content (AvgIpc) is 3.20. The number of amides is 2. The van der Waals surface area contributed by atoms with E-state index in [1.807, 2.05) is 17.0 Å². The fourth-order valence-corrected chi connectivity index (χ4v) is 5.36. The minimum absolute atomic E-state index is 0.138. The second kappa shape index (κ2) is 10.5. The summed E-state index contributed by atoms with van der Waals surface area (Å²) in [5, 5.41) is 3.82. The number of thiophene rings is 1. The highest BCUT2D eigenvalue weighted by molar-refractivity contribution is 7.20. The van der Waals surface area contributed by atoms with Crippen molar-refractivity contribution in [2.75, 3.05) is 59.6 Å². The second-order valence-corrected chi connectivity index (χ2v) is 8.98. The van der Waals surface area contributed by atoms with Crippen LogP contribution in [0.25, 0.3) is 10.2 Å². The van der Waals surface area contributed by atoms with Gasteiger partial charge in [0.05, 0.1) is 26.3 Å². The molecule has 0 aromatic carbocycles. The van der Waals surface area contributed by atoms with Gasteiger partial charge in [0.15, 0.2) is 0 Å². The Morgan fingerprint density at radius 3 is 2.94 bits per heavy atom. The zero-order chi connectivity index (χ0) is 21.6. The van der Waals surface area contributed by atoms with Gasteiger partial charge in [0.2, 0.25) is 5.91 Å². The van der Waals surface area contributed by atoms with E-state index in [4.69, 9.17) is 9.47 Å². The van der Waals surface area contributed by atoms with Crippen LogP contribution in [0.15, 0.2) is 18.3 Å². The van der Waals surface area contributed by atoms with E-state index in [1.54, 1.807) is 13.3 Å². The van der Waals surface area contributed by atoms with Gasteiger partial charge in [-0.15, -0.1) is 11.3 Å². The summed E-state index contributed by atoms with van der Waals surface area (Å²) in [7, 11) is 1.60. The number of hydrogen-bond donors (Lipinski definition) is 1. The van der Waals surface area contributed by atoms with Crippen molar-refractivity contribution in [2.45, 2.75) is 25.4 Å². The molecule has 9 heteroatoms. The number of carbonyl (C=O) groups is 2. The first-order valence-electron chi connectivity index (χ1n) is 10.9. The first-order chi connectivity index (χ1) is 15.2. The predicted octanol–water partition coefficient (Wildman–Crippen LogP) is 2.06. The summed E-state index contributed by atoms with van der Waals surface area (Å²) in [6.07, 6.45) is 4.95. The van der Waals surface area contributed by atoms with E-state index < -0.39 is 0 Å². The molecular weight excluding hydrogens is 416 g/mol. The van der Waals surface area contributed by atoms with Crippen molar-refractivity contribution in [3.8, 4) is 0 Å². The smallest absolute Gasteiger partial charge is 0.261 e. The van der Waals surface area contributed by atoms with Gasteiger partial charge in [-0.05, 0) is 32.0 Å². The molecule has 2 fully saturated rings. The molecular formula is C22H30N4O4S. The third-order valence-electron chi connectivity index (χ3n) is 5.85. The highest BCUT2D eigenvalue weighted by atomic mass is 32.1. The molecule has 1 N–H and O–H groups in total. The Bertz CT molecular complexity index is 912. The summed E-state index contributed by atoms with van der Waals surface area (Å²) in [6, 6.07) is 3.84. The van der Waals surface area contributed by atoms with Gasteiger partial charge in [0, 0.05) is 37.3 Å². The van der Waals surface area contributed by atoms with Gasteiger partial charge in [0.25, 0.3) is 5.91 Å². The zero-order valence-electron chi connectivity index (χ0n) is 18.0. The number of ether oxygens (including phenoxy) is 2. The van der Waals surface area contributed by atoms with E-state index in [9.17, 15) is 9.59 Å². The van der Waals surface area contributed by atoms with Gasteiger partial charge in [-0.2, -0.15) is 0 Å². The standard InChI is InChI=1S/C22H30N4O4S/c1-29-12-8-23-21(28)20-19(16-6-5-7-24-22(16)31-20)17-14-26(11-13-30-17)18(27)15-25-9-3-2-4-10-25/h5-7,17H,2-4,8-15H2,1H3,(H,23,28). The normalized spacial score (nSPS) is 20.2. The highest BCUT2D eigenvalue weighted by Gasteiger charge is 2.32. The summed E-state index contributed by atoms with van der Waals surface area (Å²) in [5.41, 5.74) is 0.832. The predicted molar refractivity (Wildman–Crippen MR) is 119 cm³/mol. The molecule has 1 unspecified atom stereocenters. The number of nitrogens with zero attached hydrogens (tertiary/aromatic N) is 3. The topological polar surface area (TPSA) is 84.0 Å². The number of likely N-dealkylation sites (tertiary alicyclic amines) is 1. The Balaban J connectivity index is 1.53. The van der Waals surface area contributed by atoms with Crippen LogP contribution < -0.4 is 5.32 Å². The van der Waals surface area contributed by atoms with Crippen LogP contribution in [-0.4, -0.2) is 86.2 Å². The van der Waals surface area contributed by atoms with Crippen LogP contribution in [0.3, 0.4) is 0 Å². The van der Waals surface area contributed by atoms with E-state index in [2.05, 4.69) is 15.2 Å². The molecule has 2 aromatic rings. The Hall–Kier alpha value is -2.07. The number of morpholine rings is 1. The van der Waals surface area contributed by atoms with Crippen LogP contribution >= 0.6 is 11.3 Å². The molecule has 2 amide bonds. The van der Waals surface area contributed by atoms with Gasteiger partial charge in [-0.1, -0.05) is 12.5 Å². The number of fused-ring (bicyclic) bond motifs is 1. The van der Waals surface area contributed by atoms with Gasteiger partial charge in [0.1, 0.15) is 15.8 Å². The van der Waals surface area contributed by atoms with E-state index in [0.717, 1.165) is 41.7 Å². The van der Waals surface area contributed by atoms with E-state index >= 15 is 0 Å². The van der Waals surface area contributed by atoms with Crippen LogP contribution in [0.2, 0.25) is 0 Å². The molecule has 2 aliphatic rings. The monoisotopic (exact) mass is 446 g/mol. The Kier molecular flexibility index (Phi) is 7.49. The van der Waals surface area contributed by atoms with Gasteiger partial charge >= 0.3 is 0 Å². The molecule has 4 rings (SSSR count).